The highest BCUT2D eigenvalue weighted by Gasteiger charge is 2.25. The Morgan fingerprint density at radius 2 is 1.39 bits per heavy atom. The second-order valence-corrected chi connectivity index (χ2v) is 8.65. The van der Waals surface area contributed by atoms with Gasteiger partial charge in [-0.15, -0.1) is 0 Å². The summed E-state index contributed by atoms with van der Waals surface area (Å²) in [6.45, 7) is 12.6. The first kappa shape index (κ1) is 21.5. The maximum atomic E-state index is 12.4. The van der Waals surface area contributed by atoms with E-state index in [0.717, 1.165) is 11.1 Å². The SMILES string of the molecule is COC(=O)c1ccccc1OC(=O)Oc1ccc(C(C)(C)C)cc1C(C)(C)C. The molecule has 150 valence electrons. The lowest BCUT2D eigenvalue weighted by Gasteiger charge is -2.26. The van der Waals surface area contributed by atoms with Gasteiger partial charge in [0.25, 0.3) is 0 Å². The molecule has 0 aromatic heterocycles. The van der Waals surface area contributed by atoms with E-state index in [0.29, 0.717) is 5.75 Å². The quantitative estimate of drug-likeness (QED) is 0.506. The van der Waals surface area contributed by atoms with Crippen molar-refractivity contribution in [1.82, 2.24) is 0 Å². The van der Waals surface area contributed by atoms with Crippen molar-refractivity contribution in [2.24, 2.45) is 0 Å². The lowest BCUT2D eigenvalue weighted by molar-refractivity contribution is 0.0597. The first-order chi connectivity index (χ1) is 12.9. The molecule has 0 fully saturated rings. The van der Waals surface area contributed by atoms with E-state index in [1.165, 1.54) is 19.2 Å². The average molecular weight is 384 g/mol. The van der Waals surface area contributed by atoms with E-state index in [9.17, 15) is 9.59 Å². The van der Waals surface area contributed by atoms with Gasteiger partial charge in [-0.1, -0.05) is 65.8 Å². The zero-order valence-electron chi connectivity index (χ0n) is 17.6. The van der Waals surface area contributed by atoms with Crippen molar-refractivity contribution >= 4 is 12.1 Å². The zero-order valence-corrected chi connectivity index (χ0v) is 17.6. The first-order valence-electron chi connectivity index (χ1n) is 9.15. The highest BCUT2D eigenvalue weighted by molar-refractivity contribution is 5.93. The molecule has 0 N–H and O–H groups in total. The number of hydrogen-bond acceptors (Lipinski definition) is 5. The number of carbonyl (C=O) groups is 2. The number of para-hydroxylation sites is 1. The summed E-state index contributed by atoms with van der Waals surface area (Å²) in [4.78, 5) is 24.2. The smallest absolute Gasteiger partial charge is 0.465 e. The van der Waals surface area contributed by atoms with Gasteiger partial charge in [0.15, 0.2) is 0 Å². The average Bonchev–Trinajstić information content (AvgIpc) is 2.60. The molecule has 0 bridgehead atoms. The minimum atomic E-state index is -0.912. The Kier molecular flexibility index (Phi) is 6.17. The van der Waals surface area contributed by atoms with Crippen molar-refractivity contribution in [2.75, 3.05) is 7.11 Å². The maximum Gasteiger partial charge on any atom is 0.519 e. The van der Waals surface area contributed by atoms with Crippen LogP contribution in [0.15, 0.2) is 42.5 Å². The Morgan fingerprint density at radius 3 is 1.96 bits per heavy atom. The van der Waals surface area contributed by atoms with Gasteiger partial charge in [0.05, 0.1) is 7.11 Å². The Bertz CT molecular complexity index is 869. The summed E-state index contributed by atoms with van der Waals surface area (Å²) in [5.74, 6) is -0.0719. The summed E-state index contributed by atoms with van der Waals surface area (Å²) >= 11 is 0. The molecule has 5 nitrogen and oxygen atoms in total. The minimum Gasteiger partial charge on any atom is -0.465 e. The molecule has 0 heterocycles. The molecule has 0 saturated heterocycles. The molecule has 0 saturated carbocycles. The van der Waals surface area contributed by atoms with E-state index >= 15 is 0 Å². The highest BCUT2D eigenvalue weighted by atomic mass is 16.7. The van der Waals surface area contributed by atoms with Crippen LogP contribution >= 0.6 is 0 Å². The number of carbonyl (C=O) groups excluding carboxylic acids is 2. The molecule has 2 aromatic carbocycles. The van der Waals surface area contributed by atoms with E-state index in [1.54, 1.807) is 18.2 Å². The van der Waals surface area contributed by atoms with E-state index in [1.807, 2.05) is 6.07 Å². The standard InChI is InChI=1S/C23H28O5/c1-22(2,3)15-12-13-19(17(14-15)23(4,5)6)28-21(25)27-18-11-9-8-10-16(18)20(24)26-7/h8-14H,1-7H3. The fourth-order valence-electron chi connectivity index (χ4n) is 2.71. The molecule has 0 atom stereocenters. The van der Waals surface area contributed by atoms with Crippen LogP contribution in [-0.4, -0.2) is 19.2 Å². The van der Waals surface area contributed by atoms with Crippen molar-refractivity contribution in [2.45, 2.75) is 52.4 Å². The lowest BCUT2D eigenvalue weighted by atomic mass is 9.80. The van der Waals surface area contributed by atoms with Crippen LogP contribution < -0.4 is 9.47 Å². The summed E-state index contributed by atoms with van der Waals surface area (Å²) in [7, 11) is 1.27. The largest absolute Gasteiger partial charge is 0.519 e. The van der Waals surface area contributed by atoms with Crippen molar-refractivity contribution < 1.29 is 23.8 Å². The van der Waals surface area contributed by atoms with Crippen LogP contribution in [0.25, 0.3) is 0 Å². The first-order valence-corrected chi connectivity index (χ1v) is 9.15. The molecular weight excluding hydrogens is 356 g/mol. The lowest BCUT2D eigenvalue weighted by Crippen LogP contribution is -2.21. The van der Waals surface area contributed by atoms with Gasteiger partial charge in [0.2, 0.25) is 0 Å². The Morgan fingerprint density at radius 1 is 0.786 bits per heavy atom. The predicted octanol–water partition coefficient (Wildman–Crippen LogP) is 5.65. The topological polar surface area (TPSA) is 61.8 Å². The molecule has 0 aliphatic heterocycles. The fourth-order valence-corrected chi connectivity index (χ4v) is 2.71. The highest BCUT2D eigenvalue weighted by Crippen LogP contribution is 2.35. The predicted molar refractivity (Wildman–Crippen MR) is 108 cm³/mol. The van der Waals surface area contributed by atoms with Gasteiger partial charge in [0.1, 0.15) is 17.1 Å². The number of ether oxygens (including phenoxy) is 3. The van der Waals surface area contributed by atoms with Gasteiger partial charge in [0, 0.05) is 5.56 Å². The minimum absolute atomic E-state index is 0.0293. The monoisotopic (exact) mass is 384 g/mol. The molecule has 0 aliphatic rings. The van der Waals surface area contributed by atoms with Crippen molar-refractivity contribution in [3.63, 3.8) is 0 Å². The van der Waals surface area contributed by atoms with Crippen molar-refractivity contribution in [3.8, 4) is 11.5 Å². The third-order valence-corrected chi connectivity index (χ3v) is 4.33. The molecule has 2 aromatic rings. The molecule has 0 aliphatic carbocycles. The van der Waals surface area contributed by atoms with Gasteiger partial charge >= 0.3 is 12.1 Å². The van der Waals surface area contributed by atoms with Crippen LogP contribution in [0.1, 0.15) is 63.0 Å². The van der Waals surface area contributed by atoms with Crippen LogP contribution in [0.5, 0.6) is 11.5 Å². The number of hydrogen-bond donors (Lipinski definition) is 0. The Hall–Kier alpha value is -2.82. The van der Waals surface area contributed by atoms with Gasteiger partial charge in [-0.3, -0.25) is 0 Å². The van der Waals surface area contributed by atoms with Crippen LogP contribution in [-0.2, 0) is 15.6 Å². The third kappa shape index (κ3) is 5.12. The van der Waals surface area contributed by atoms with Crippen molar-refractivity contribution in [3.05, 3.63) is 59.2 Å². The molecule has 2 rings (SSSR count). The number of benzene rings is 2. The molecule has 0 spiro atoms. The summed E-state index contributed by atoms with van der Waals surface area (Å²) in [5, 5.41) is 0. The van der Waals surface area contributed by atoms with Crippen LogP contribution in [0.2, 0.25) is 0 Å². The van der Waals surface area contributed by atoms with Crippen LogP contribution in [0.3, 0.4) is 0 Å². The van der Waals surface area contributed by atoms with E-state index < -0.39 is 12.1 Å². The van der Waals surface area contributed by atoms with E-state index in [4.69, 9.17) is 14.2 Å². The number of esters is 1. The van der Waals surface area contributed by atoms with Gasteiger partial charge in [-0.25, -0.2) is 9.59 Å². The maximum absolute atomic E-state index is 12.4. The summed E-state index contributed by atoms with van der Waals surface area (Å²) < 4.78 is 15.5. The fraction of sp³-hybridized carbons (Fsp3) is 0.391. The number of methoxy groups -OCH3 is 1. The third-order valence-electron chi connectivity index (χ3n) is 4.33. The molecule has 0 amide bonds. The van der Waals surface area contributed by atoms with E-state index in [-0.39, 0.29) is 22.1 Å². The zero-order chi connectivity index (χ0) is 21.1. The van der Waals surface area contributed by atoms with Crippen molar-refractivity contribution in [1.29, 1.82) is 0 Å². The van der Waals surface area contributed by atoms with Gasteiger partial charge in [-0.2, -0.15) is 0 Å². The second-order valence-electron chi connectivity index (χ2n) is 8.65. The number of rotatable bonds is 3. The Labute approximate surface area is 166 Å². The molecule has 0 unspecified atom stereocenters. The molecule has 28 heavy (non-hydrogen) atoms. The summed E-state index contributed by atoms with van der Waals surface area (Å²) in [6.07, 6.45) is -0.912. The summed E-state index contributed by atoms with van der Waals surface area (Å²) in [6, 6.07) is 12.1. The summed E-state index contributed by atoms with van der Waals surface area (Å²) in [5.41, 5.74) is 1.94. The molecule has 5 heteroatoms. The Balaban J connectivity index is 2.31. The van der Waals surface area contributed by atoms with Gasteiger partial charge < -0.3 is 14.2 Å². The van der Waals surface area contributed by atoms with Gasteiger partial charge in [-0.05, 0) is 34.6 Å². The van der Waals surface area contributed by atoms with Crippen LogP contribution in [0, 0.1) is 0 Å². The molecular formula is C23H28O5. The molecule has 0 radical (unpaired) electrons. The normalized spacial score (nSPS) is 11.7. The van der Waals surface area contributed by atoms with E-state index in [2.05, 4.69) is 47.6 Å². The second kappa shape index (κ2) is 8.05. The van der Waals surface area contributed by atoms with Crippen LogP contribution in [0.4, 0.5) is 4.79 Å².